The van der Waals surface area contributed by atoms with Crippen molar-refractivity contribution in [2.45, 2.75) is 32.4 Å². The van der Waals surface area contributed by atoms with Crippen molar-refractivity contribution >= 4 is 5.69 Å². The minimum Gasteiger partial charge on any atom is -0.381 e. The highest BCUT2D eigenvalue weighted by atomic mass is 19.1. The maximum absolute atomic E-state index is 12.9. The summed E-state index contributed by atoms with van der Waals surface area (Å²) in [4.78, 5) is 2.53. The van der Waals surface area contributed by atoms with Crippen LogP contribution in [-0.2, 0) is 13.1 Å². The van der Waals surface area contributed by atoms with Crippen LogP contribution >= 0.6 is 0 Å². The van der Waals surface area contributed by atoms with Gasteiger partial charge in [-0.25, -0.2) is 4.39 Å². The van der Waals surface area contributed by atoms with E-state index in [0.717, 1.165) is 17.8 Å². The van der Waals surface area contributed by atoms with Crippen LogP contribution in [0.5, 0.6) is 0 Å². The summed E-state index contributed by atoms with van der Waals surface area (Å²) in [6.07, 6.45) is 4.04. The molecule has 0 bridgehead atoms. The van der Waals surface area contributed by atoms with Crippen LogP contribution in [0.3, 0.4) is 0 Å². The van der Waals surface area contributed by atoms with Crippen molar-refractivity contribution in [2.24, 2.45) is 0 Å². The van der Waals surface area contributed by atoms with Gasteiger partial charge in [-0.3, -0.25) is 4.90 Å². The fourth-order valence-corrected chi connectivity index (χ4v) is 2.91. The van der Waals surface area contributed by atoms with E-state index in [2.05, 4.69) is 34.5 Å². The lowest BCUT2D eigenvalue weighted by Gasteiger charge is -2.26. The summed E-state index contributed by atoms with van der Waals surface area (Å²) in [5.74, 6) is -0.189. The van der Waals surface area contributed by atoms with E-state index in [1.807, 2.05) is 12.1 Å². The van der Waals surface area contributed by atoms with E-state index in [9.17, 15) is 4.39 Å². The monoisotopic (exact) mass is 298 g/mol. The molecular weight excluding hydrogens is 275 g/mol. The van der Waals surface area contributed by atoms with Gasteiger partial charge in [-0.05, 0) is 61.3 Å². The van der Waals surface area contributed by atoms with Gasteiger partial charge in [-0.15, -0.1) is 0 Å². The van der Waals surface area contributed by atoms with Crippen molar-refractivity contribution in [3.8, 4) is 0 Å². The van der Waals surface area contributed by atoms with Gasteiger partial charge in [-0.1, -0.05) is 30.7 Å². The molecule has 1 N–H and O–H groups in total. The fourth-order valence-electron chi connectivity index (χ4n) is 2.91. The summed E-state index contributed by atoms with van der Waals surface area (Å²) in [6, 6.07) is 15.3. The third-order valence-corrected chi connectivity index (χ3v) is 4.22. The molecule has 0 radical (unpaired) electrons. The van der Waals surface area contributed by atoms with E-state index in [1.165, 1.54) is 50.0 Å². The van der Waals surface area contributed by atoms with Gasteiger partial charge in [0, 0.05) is 18.8 Å². The van der Waals surface area contributed by atoms with Crippen molar-refractivity contribution < 1.29 is 4.39 Å². The van der Waals surface area contributed by atoms with E-state index in [0.29, 0.717) is 6.54 Å². The second-order valence-electron chi connectivity index (χ2n) is 6.01. The van der Waals surface area contributed by atoms with Crippen molar-refractivity contribution in [2.75, 3.05) is 18.4 Å². The molecule has 0 spiro atoms. The summed E-state index contributed by atoms with van der Waals surface area (Å²) >= 11 is 0. The Morgan fingerprint density at radius 3 is 2.14 bits per heavy atom. The van der Waals surface area contributed by atoms with Gasteiger partial charge < -0.3 is 5.32 Å². The number of anilines is 1. The van der Waals surface area contributed by atoms with Crippen LogP contribution in [0.4, 0.5) is 10.1 Å². The maximum Gasteiger partial charge on any atom is 0.123 e. The average molecular weight is 298 g/mol. The Kier molecular flexibility index (Phi) is 5.07. The summed E-state index contributed by atoms with van der Waals surface area (Å²) in [7, 11) is 0. The number of halogens is 1. The highest BCUT2D eigenvalue weighted by molar-refractivity contribution is 5.45. The van der Waals surface area contributed by atoms with E-state index in [4.69, 9.17) is 0 Å². The van der Waals surface area contributed by atoms with Gasteiger partial charge in [0.1, 0.15) is 5.82 Å². The van der Waals surface area contributed by atoms with Gasteiger partial charge in [0.05, 0.1) is 0 Å². The molecule has 116 valence electrons. The first kappa shape index (κ1) is 15.0. The average Bonchev–Trinajstić information content (AvgIpc) is 2.57. The van der Waals surface area contributed by atoms with Gasteiger partial charge in [-0.2, -0.15) is 0 Å². The van der Waals surface area contributed by atoms with Crippen LogP contribution in [0.1, 0.15) is 30.4 Å². The molecule has 0 saturated carbocycles. The molecule has 2 nitrogen and oxygen atoms in total. The number of nitrogens with one attached hydrogen (secondary N) is 1. The quantitative estimate of drug-likeness (QED) is 0.879. The molecule has 0 atom stereocenters. The Hall–Kier alpha value is -1.87. The van der Waals surface area contributed by atoms with E-state index >= 15 is 0 Å². The Bertz CT molecular complexity index is 571. The number of rotatable bonds is 5. The lowest BCUT2D eigenvalue weighted by molar-refractivity contribution is 0.221. The number of likely N-dealkylation sites (tertiary alicyclic amines) is 1. The predicted octanol–water partition coefficient (Wildman–Crippen LogP) is 4.42. The standard InChI is InChI=1S/C19H23FN2/c20-18-8-4-16(5-9-18)14-21-19-10-6-17(7-11-19)15-22-12-2-1-3-13-22/h4-11,21H,1-3,12-15H2. The Balaban J connectivity index is 1.51. The van der Waals surface area contributed by atoms with Crippen molar-refractivity contribution in [1.82, 2.24) is 4.90 Å². The molecule has 3 heteroatoms. The smallest absolute Gasteiger partial charge is 0.123 e. The Morgan fingerprint density at radius 2 is 1.45 bits per heavy atom. The molecule has 1 saturated heterocycles. The minimum absolute atomic E-state index is 0.189. The van der Waals surface area contributed by atoms with Crippen molar-refractivity contribution in [1.29, 1.82) is 0 Å². The molecule has 1 fully saturated rings. The topological polar surface area (TPSA) is 15.3 Å². The zero-order valence-electron chi connectivity index (χ0n) is 12.9. The number of benzene rings is 2. The highest BCUT2D eigenvalue weighted by Gasteiger charge is 2.10. The van der Waals surface area contributed by atoms with Crippen LogP contribution < -0.4 is 5.32 Å². The van der Waals surface area contributed by atoms with Crippen LogP contribution in [0, 0.1) is 5.82 Å². The first-order chi connectivity index (χ1) is 10.8. The molecule has 2 aromatic carbocycles. The molecule has 1 aliphatic rings. The van der Waals surface area contributed by atoms with Gasteiger partial charge in [0.25, 0.3) is 0 Å². The largest absolute Gasteiger partial charge is 0.381 e. The van der Waals surface area contributed by atoms with E-state index in [1.54, 1.807) is 0 Å². The third kappa shape index (κ3) is 4.31. The summed E-state index contributed by atoms with van der Waals surface area (Å²) in [6.45, 7) is 4.22. The number of piperidine rings is 1. The minimum atomic E-state index is -0.189. The van der Waals surface area contributed by atoms with Gasteiger partial charge in [0.2, 0.25) is 0 Å². The number of hydrogen-bond donors (Lipinski definition) is 1. The molecule has 3 rings (SSSR count). The summed E-state index contributed by atoms with van der Waals surface area (Å²) in [5, 5.41) is 3.38. The summed E-state index contributed by atoms with van der Waals surface area (Å²) in [5.41, 5.74) is 3.56. The van der Waals surface area contributed by atoms with E-state index < -0.39 is 0 Å². The zero-order chi connectivity index (χ0) is 15.2. The van der Waals surface area contributed by atoms with Crippen molar-refractivity contribution in [3.05, 3.63) is 65.5 Å². The number of nitrogens with zero attached hydrogens (tertiary/aromatic N) is 1. The van der Waals surface area contributed by atoms with Crippen LogP contribution in [0.25, 0.3) is 0 Å². The third-order valence-electron chi connectivity index (χ3n) is 4.22. The van der Waals surface area contributed by atoms with Crippen molar-refractivity contribution in [3.63, 3.8) is 0 Å². The molecule has 22 heavy (non-hydrogen) atoms. The predicted molar refractivity (Wildman–Crippen MR) is 89.3 cm³/mol. The normalized spacial score (nSPS) is 15.7. The number of hydrogen-bond acceptors (Lipinski definition) is 2. The second kappa shape index (κ2) is 7.41. The first-order valence-electron chi connectivity index (χ1n) is 8.09. The molecule has 1 heterocycles. The SMILES string of the molecule is Fc1ccc(CNc2ccc(CN3CCCCC3)cc2)cc1. The van der Waals surface area contributed by atoms with Crippen LogP contribution in [0.15, 0.2) is 48.5 Å². The second-order valence-corrected chi connectivity index (χ2v) is 6.01. The van der Waals surface area contributed by atoms with Gasteiger partial charge >= 0.3 is 0 Å². The lowest BCUT2D eigenvalue weighted by atomic mass is 10.1. The molecule has 0 aliphatic carbocycles. The Labute approximate surface area is 132 Å². The fraction of sp³-hybridized carbons (Fsp3) is 0.368. The molecule has 2 aromatic rings. The van der Waals surface area contributed by atoms with Crippen LogP contribution in [0.2, 0.25) is 0 Å². The Morgan fingerprint density at radius 1 is 0.818 bits per heavy atom. The zero-order valence-corrected chi connectivity index (χ0v) is 12.9. The molecule has 1 aliphatic heterocycles. The lowest BCUT2D eigenvalue weighted by Crippen LogP contribution is -2.29. The molecule has 0 amide bonds. The highest BCUT2D eigenvalue weighted by Crippen LogP contribution is 2.16. The summed E-state index contributed by atoms with van der Waals surface area (Å²) < 4.78 is 12.9. The first-order valence-corrected chi connectivity index (χ1v) is 8.09. The van der Waals surface area contributed by atoms with Crippen LogP contribution in [-0.4, -0.2) is 18.0 Å². The molecular formula is C19H23FN2. The molecule has 0 unspecified atom stereocenters. The van der Waals surface area contributed by atoms with E-state index in [-0.39, 0.29) is 5.82 Å². The maximum atomic E-state index is 12.9. The van der Waals surface area contributed by atoms with Gasteiger partial charge in [0.15, 0.2) is 0 Å². The molecule has 0 aromatic heterocycles.